The number of carbonyl (C=O) groups excluding carboxylic acids is 1. The van der Waals surface area contributed by atoms with Crippen molar-refractivity contribution in [2.45, 2.75) is 45.3 Å². The molecule has 110 valence electrons. The van der Waals surface area contributed by atoms with Crippen molar-refractivity contribution in [2.24, 2.45) is 0 Å². The number of amides is 1. The molecule has 0 bridgehead atoms. The van der Waals surface area contributed by atoms with E-state index in [2.05, 4.69) is 61.0 Å². The second-order valence-corrected chi connectivity index (χ2v) is 5.88. The van der Waals surface area contributed by atoms with Crippen LogP contribution in [0.25, 0.3) is 0 Å². The van der Waals surface area contributed by atoms with Crippen LogP contribution in [-0.4, -0.2) is 31.1 Å². The summed E-state index contributed by atoms with van der Waals surface area (Å²) in [4.78, 5) is 12.0. The second kappa shape index (κ2) is 6.86. The molecule has 2 unspecified atom stereocenters. The summed E-state index contributed by atoms with van der Waals surface area (Å²) in [5.41, 5.74) is 2.46. The molecule has 4 nitrogen and oxygen atoms in total. The normalized spacial score (nSPS) is 22.8. The molecule has 2 atom stereocenters. The van der Waals surface area contributed by atoms with E-state index in [1.165, 1.54) is 5.56 Å². The molecule has 1 fully saturated rings. The maximum atomic E-state index is 12.0. The number of piperazine rings is 1. The Kier molecular flexibility index (Phi) is 5.15. The van der Waals surface area contributed by atoms with Crippen LogP contribution in [-0.2, 0) is 11.3 Å². The van der Waals surface area contributed by atoms with Gasteiger partial charge in [-0.1, -0.05) is 38.1 Å². The van der Waals surface area contributed by atoms with E-state index in [4.69, 9.17) is 0 Å². The first kappa shape index (κ1) is 15.0. The van der Waals surface area contributed by atoms with Crippen LogP contribution < -0.4 is 16.0 Å². The lowest BCUT2D eigenvalue weighted by Crippen LogP contribution is -2.58. The van der Waals surface area contributed by atoms with Gasteiger partial charge in [0.1, 0.15) is 0 Å². The summed E-state index contributed by atoms with van der Waals surface area (Å²) in [7, 11) is 0. The fourth-order valence-electron chi connectivity index (χ4n) is 2.30. The van der Waals surface area contributed by atoms with E-state index in [0.717, 1.165) is 12.1 Å². The molecule has 1 aliphatic heterocycles. The van der Waals surface area contributed by atoms with Crippen LogP contribution in [0.5, 0.6) is 0 Å². The molecule has 0 saturated carbocycles. The molecule has 1 aromatic carbocycles. The minimum absolute atomic E-state index is 0.0670. The van der Waals surface area contributed by atoms with Crippen molar-refractivity contribution in [3.05, 3.63) is 35.4 Å². The fraction of sp³-hybridized carbons (Fsp3) is 0.562. The first-order valence-electron chi connectivity index (χ1n) is 7.39. The second-order valence-electron chi connectivity index (χ2n) is 5.88. The van der Waals surface area contributed by atoms with Gasteiger partial charge in [-0.25, -0.2) is 0 Å². The molecule has 3 N–H and O–H groups in total. The first-order valence-corrected chi connectivity index (χ1v) is 7.39. The first-order chi connectivity index (χ1) is 9.56. The molecule has 1 saturated heterocycles. The maximum Gasteiger partial charge on any atom is 0.238 e. The summed E-state index contributed by atoms with van der Waals surface area (Å²) in [5, 5.41) is 9.55. The Morgan fingerprint density at radius 1 is 1.25 bits per heavy atom. The van der Waals surface area contributed by atoms with E-state index >= 15 is 0 Å². The molecule has 20 heavy (non-hydrogen) atoms. The largest absolute Gasteiger partial charge is 0.351 e. The maximum absolute atomic E-state index is 12.0. The lowest BCUT2D eigenvalue weighted by atomic mass is 10.0. The molecule has 4 heteroatoms. The highest BCUT2D eigenvalue weighted by atomic mass is 16.2. The van der Waals surface area contributed by atoms with Crippen molar-refractivity contribution in [1.29, 1.82) is 0 Å². The van der Waals surface area contributed by atoms with Crippen molar-refractivity contribution < 1.29 is 4.79 Å². The van der Waals surface area contributed by atoms with E-state index in [-0.39, 0.29) is 11.9 Å². The zero-order chi connectivity index (χ0) is 14.5. The predicted octanol–water partition coefficient (Wildman–Crippen LogP) is 1.38. The van der Waals surface area contributed by atoms with Crippen LogP contribution in [0.2, 0.25) is 0 Å². The van der Waals surface area contributed by atoms with Crippen molar-refractivity contribution in [2.75, 3.05) is 13.1 Å². The number of rotatable bonds is 4. The smallest absolute Gasteiger partial charge is 0.238 e. The van der Waals surface area contributed by atoms with Gasteiger partial charge in [0.25, 0.3) is 0 Å². The molecular formula is C16H25N3O. The number of nitrogens with one attached hydrogen (secondary N) is 3. The van der Waals surface area contributed by atoms with Crippen LogP contribution in [0.1, 0.15) is 37.8 Å². The summed E-state index contributed by atoms with van der Waals surface area (Å²) in [6, 6.07) is 8.75. The van der Waals surface area contributed by atoms with Gasteiger partial charge in [0, 0.05) is 25.7 Å². The van der Waals surface area contributed by atoms with E-state index < -0.39 is 0 Å². The Morgan fingerprint density at radius 3 is 2.50 bits per heavy atom. The van der Waals surface area contributed by atoms with Crippen LogP contribution in [0.3, 0.4) is 0 Å². The molecule has 2 rings (SSSR count). The number of benzene rings is 1. The van der Waals surface area contributed by atoms with Crippen LogP contribution in [0, 0.1) is 0 Å². The molecule has 0 aromatic heterocycles. The standard InChI is InChI=1S/C16H25N3O/c1-11(2)14-6-4-13(5-7-14)9-19-16(20)15-10-17-12(3)8-18-15/h4-7,11-12,15,17-18H,8-10H2,1-3H3,(H,19,20). The van der Waals surface area contributed by atoms with Gasteiger partial charge in [-0.05, 0) is 24.0 Å². The van der Waals surface area contributed by atoms with Crippen molar-refractivity contribution >= 4 is 5.91 Å². The predicted molar refractivity (Wildman–Crippen MR) is 81.6 cm³/mol. The molecule has 1 heterocycles. The van der Waals surface area contributed by atoms with E-state index in [0.29, 0.717) is 25.0 Å². The third kappa shape index (κ3) is 4.05. The van der Waals surface area contributed by atoms with Crippen molar-refractivity contribution in [3.8, 4) is 0 Å². The summed E-state index contributed by atoms with van der Waals surface area (Å²) in [6.07, 6.45) is 0. The SMILES string of the molecule is CC1CNC(C(=O)NCc2ccc(C(C)C)cc2)CN1. The van der Waals surface area contributed by atoms with Gasteiger partial charge in [0.2, 0.25) is 5.91 Å². The number of carbonyl (C=O) groups is 1. The lowest BCUT2D eigenvalue weighted by molar-refractivity contribution is -0.123. The highest BCUT2D eigenvalue weighted by molar-refractivity contribution is 5.82. The Balaban J connectivity index is 1.81. The third-order valence-corrected chi connectivity index (χ3v) is 3.77. The lowest BCUT2D eigenvalue weighted by Gasteiger charge is -2.28. The van der Waals surface area contributed by atoms with Crippen LogP contribution in [0.4, 0.5) is 0 Å². The van der Waals surface area contributed by atoms with E-state index in [9.17, 15) is 4.79 Å². The van der Waals surface area contributed by atoms with Crippen LogP contribution in [0.15, 0.2) is 24.3 Å². The average Bonchev–Trinajstić information content (AvgIpc) is 2.46. The van der Waals surface area contributed by atoms with E-state index in [1.54, 1.807) is 0 Å². The molecule has 0 aliphatic carbocycles. The molecule has 0 spiro atoms. The van der Waals surface area contributed by atoms with Crippen LogP contribution >= 0.6 is 0 Å². The van der Waals surface area contributed by atoms with E-state index in [1.807, 2.05) is 0 Å². The van der Waals surface area contributed by atoms with Gasteiger partial charge in [-0.3, -0.25) is 4.79 Å². The minimum Gasteiger partial charge on any atom is -0.351 e. The van der Waals surface area contributed by atoms with Gasteiger partial charge in [-0.15, -0.1) is 0 Å². The highest BCUT2D eigenvalue weighted by Crippen LogP contribution is 2.14. The van der Waals surface area contributed by atoms with Gasteiger partial charge >= 0.3 is 0 Å². The highest BCUT2D eigenvalue weighted by Gasteiger charge is 2.22. The molecule has 1 aliphatic rings. The van der Waals surface area contributed by atoms with Gasteiger partial charge in [0.05, 0.1) is 6.04 Å². The molecular weight excluding hydrogens is 250 g/mol. The van der Waals surface area contributed by atoms with Crippen molar-refractivity contribution in [1.82, 2.24) is 16.0 Å². The third-order valence-electron chi connectivity index (χ3n) is 3.77. The Morgan fingerprint density at radius 2 is 1.95 bits per heavy atom. The quantitative estimate of drug-likeness (QED) is 0.778. The van der Waals surface area contributed by atoms with Crippen molar-refractivity contribution in [3.63, 3.8) is 0 Å². The van der Waals surface area contributed by atoms with Gasteiger partial charge < -0.3 is 16.0 Å². The molecule has 0 radical (unpaired) electrons. The number of hydrogen-bond donors (Lipinski definition) is 3. The Bertz CT molecular complexity index is 434. The summed E-state index contributed by atoms with van der Waals surface area (Å²) in [5.74, 6) is 0.607. The summed E-state index contributed by atoms with van der Waals surface area (Å²) >= 11 is 0. The molecule has 1 amide bonds. The average molecular weight is 275 g/mol. The number of hydrogen-bond acceptors (Lipinski definition) is 3. The summed E-state index contributed by atoms with van der Waals surface area (Å²) < 4.78 is 0. The zero-order valence-corrected chi connectivity index (χ0v) is 12.6. The minimum atomic E-state index is -0.124. The summed E-state index contributed by atoms with van der Waals surface area (Å²) in [6.45, 7) is 8.59. The zero-order valence-electron chi connectivity index (χ0n) is 12.6. The topological polar surface area (TPSA) is 53.2 Å². The fourth-order valence-corrected chi connectivity index (χ4v) is 2.30. The van der Waals surface area contributed by atoms with Gasteiger partial charge in [-0.2, -0.15) is 0 Å². The van der Waals surface area contributed by atoms with Gasteiger partial charge in [0.15, 0.2) is 0 Å². The Labute approximate surface area is 121 Å². The monoisotopic (exact) mass is 275 g/mol. The molecule has 1 aromatic rings. The Hall–Kier alpha value is -1.39.